The lowest BCUT2D eigenvalue weighted by Crippen LogP contribution is -2.29. The lowest BCUT2D eigenvalue weighted by molar-refractivity contribution is 0.1000. The Morgan fingerprint density at radius 2 is 1.86 bits per heavy atom. The minimum atomic E-state index is -0.629. The molecule has 0 unspecified atom stereocenters. The van der Waals surface area contributed by atoms with Crippen LogP contribution in [0.2, 0.25) is 10.0 Å². The zero-order valence-corrected chi connectivity index (χ0v) is 20.1. The topological polar surface area (TPSA) is 168 Å². The Balaban J connectivity index is 2.00. The Kier molecular flexibility index (Phi) is 6.77. The summed E-state index contributed by atoms with van der Waals surface area (Å²) >= 11 is 12.7. The second-order valence-electron chi connectivity index (χ2n) is 7.77. The van der Waals surface area contributed by atoms with Crippen molar-refractivity contribution >= 4 is 57.6 Å². The Bertz CT molecular complexity index is 1510. The van der Waals surface area contributed by atoms with Crippen LogP contribution in [0.4, 0.5) is 17.6 Å². The number of amides is 1. The smallest absolute Gasteiger partial charge is 0.267 e. The number of nitrogens with two attached hydrogens (primary N) is 3. The van der Waals surface area contributed by atoms with Crippen LogP contribution in [0.15, 0.2) is 47.3 Å². The van der Waals surface area contributed by atoms with Crippen LogP contribution in [0.25, 0.3) is 16.6 Å². The molecule has 35 heavy (non-hydrogen) atoms. The number of carbonyl (C=O) groups excluding carboxylic acids is 1. The first kappa shape index (κ1) is 24.2. The molecule has 2 aromatic heterocycles. The predicted molar refractivity (Wildman–Crippen MR) is 138 cm³/mol. The van der Waals surface area contributed by atoms with Gasteiger partial charge in [0.15, 0.2) is 5.82 Å². The highest BCUT2D eigenvalue weighted by molar-refractivity contribution is 6.35. The summed E-state index contributed by atoms with van der Waals surface area (Å²) in [4.78, 5) is 38.4. The van der Waals surface area contributed by atoms with E-state index < -0.39 is 17.5 Å². The fourth-order valence-corrected chi connectivity index (χ4v) is 4.18. The van der Waals surface area contributed by atoms with Crippen LogP contribution in [0.5, 0.6) is 0 Å². The van der Waals surface area contributed by atoms with Gasteiger partial charge in [0.1, 0.15) is 16.7 Å². The first-order valence-corrected chi connectivity index (χ1v) is 11.4. The molecule has 2 aromatic carbocycles. The van der Waals surface area contributed by atoms with Gasteiger partial charge >= 0.3 is 0 Å². The number of benzene rings is 2. The zero-order chi connectivity index (χ0) is 25.3. The van der Waals surface area contributed by atoms with Gasteiger partial charge < -0.3 is 22.5 Å². The van der Waals surface area contributed by atoms with Gasteiger partial charge in [0.2, 0.25) is 11.9 Å². The van der Waals surface area contributed by atoms with Crippen molar-refractivity contribution in [3.63, 3.8) is 0 Å². The molecule has 0 saturated carbocycles. The second kappa shape index (κ2) is 9.77. The van der Waals surface area contributed by atoms with Gasteiger partial charge in [-0.1, -0.05) is 48.7 Å². The van der Waals surface area contributed by atoms with E-state index in [0.717, 1.165) is 6.42 Å². The number of carbonyl (C=O) groups is 1. The number of nitrogen functional groups attached to an aromatic ring is 2. The molecule has 1 atom stereocenters. The monoisotopic (exact) mass is 512 g/mol. The summed E-state index contributed by atoms with van der Waals surface area (Å²) in [7, 11) is 0. The largest absolute Gasteiger partial charge is 0.382 e. The molecule has 0 aliphatic carbocycles. The van der Waals surface area contributed by atoms with Crippen LogP contribution in [-0.4, -0.2) is 25.4 Å². The second-order valence-corrected chi connectivity index (χ2v) is 8.56. The molecule has 0 spiro atoms. The lowest BCUT2D eigenvalue weighted by atomic mass is 10.1. The van der Waals surface area contributed by atoms with E-state index in [9.17, 15) is 9.59 Å². The number of hydrogen-bond acceptors (Lipinski definition) is 8. The van der Waals surface area contributed by atoms with Crippen LogP contribution >= 0.6 is 23.2 Å². The van der Waals surface area contributed by atoms with Crippen molar-refractivity contribution in [1.82, 2.24) is 19.5 Å². The molecular formula is C23H22Cl2N8O2. The molecule has 1 amide bonds. The molecule has 0 radical (unpaired) electrons. The molecule has 0 saturated heterocycles. The third-order valence-electron chi connectivity index (χ3n) is 5.36. The maximum atomic E-state index is 13.8. The summed E-state index contributed by atoms with van der Waals surface area (Å²) in [5.74, 6) is -0.126. The van der Waals surface area contributed by atoms with Crippen molar-refractivity contribution in [3.8, 4) is 5.69 Å². The van der Waals surface area contributed by atoms with Crippen LogP contribution in [0.1, 0.15) is 42.0 Å². The molecule has 180 valence electrons. The van der Waals surface area contributed by atoms with Gasteiger partial charge in [-0.25, -0.2) is 4.98 Å². The summed E-state index contributed by atoms with van der Waals surface area (Å²) in [6.45, 7) is 1.98. The molecule has 12 heteroatoms. The van der Waals surface area contributed by atoms with Crippen molar-refractivity contribution in [3.05, 3.63) is 74.3 Å². The van der Waals surface area contributed by atoms with Gasteiger partial charge in [-0.3, -0.25) is 14.2 Å². The Morgan fingerprint density at radius 3 is 2.57 bits per heavy atom. The minimum absolute atomic E-state index is 0.0155. The first-order chi connectivity index (χ1) is 16.7. The number of fused-ring (bicyclic) bond motifs is 1. The fraction of sp³-hybridized carbons (Fsp3) is 0.174. The van der Waals surface area contributed by atoms with E-state index in [0.29, 0.717) is 23.4 Å². The first-order valence-electron chi connectivity index (χ1n) is 10.7. The van der Waals surface area contributed by atoms with Gasteiger partial charge in [-0.05, 0) is 36.8 Å². The van der Waals surface area contributed by atoms with E-state index in [1.54, 1.807) is 36.4 Å². The Hall–Kier alpha value is -3.89. The number of nitrogens with zero attached hydrogens (tertiary/aromatic N) is 4. The molecule has 0 aliphatic rings. The van der Waals surface area contributed by atoms with Crippen molar-refractivity contribution < 1.29 is 4.79 Å². The molecule has 0 bridgehead atoms. The van der Waals surface area contributed by atoms with E-state index in [4.69, 9.17) is 45.4 Å². The highest BCUT2D eigenvalue weighted by Crippen LogP contribution is 2.31. The number of halogens is 2. The van der Waals surface area contributed by atoms with Crippen LogP contribution in [0, 0.1) is 0 Å². The number of hydrogen-bond donors (Lipinski definition) is 4. The van der Waals surface area contributed by atoms with Gasteiger partial charge in [-0.15, -0.1) is 0 Å². The summed E-state index contributed by atoms with van der Waals surface area (Å²) < 4.78 is 1.40. The molecule has 2 heterocycles. The summed E-state index contributed by atoms with van der Waals surface area (Å²) in [5, 5.41) is 3.80. The SMILES string of the molecule is CCC[C@H](Nc1nc(N)nc(N)c1Cl)c1nc2cccc(Cl)c2c(=O)n1-c1cccc(C(N)=O)c1. The third kappa shape index (κ3) is 4.71. The number of nitrogens with one attached hydrogen (secondary N) is 1. The standard InChI is InChI=1S/C23H22Cl2N8O2/c1-2-5-15(29-20-17(25)18(26)31-23(28)32-20)21-30-14-9-4-8-13(24)16(14)22(35)33(21)12-7-3-6-11(10-12)19(27)34/h3-4,6-10,15H,2,5H2,1H3,(H2,27,34)(H5,26,28,29,31,32)/t15-/m0/s1. The maximum Gasteiger partial charge on any atom is 0.267 e. The molecule has 4 aromatic rings. The van der Waals surface area contributed by atoms with Gasteiger partial charge in [0.05, 0.1) is 27.7 Å². The highest BCUT2D eigenvalue weighted by Gasteiger charge is 2.24. The van der Waals surface area contributed by atoms with Gasteiger partial charge in [0.25, 0.3) is 5.56 Å². The van der Waals surface area contributed by atoms with Crippen LogP contribution in [0.3, 0.4) is 0 Å². The quantitative estimate of drug-likeness (QED) is 0.290. The van der Waals surface area contributed by atoms with Crippen molar-refractivity contribution in [2.45, 2.75) is 25.8 Å². The number of anilines is 3. The molecule has 4 rings (SSSR count). The third-order valence-corrected chi connectivity index (χ3v) is 6.04. The number of primary amides is 1. The predicted octanol–water partition coefficient (Wildman–Crippen LogP) is 3.70. The van der Waals surface area contributed by atoms with Crippen molar-refractivity contribution in [2.24, 2.45) is 5.73 Å². The van der Waals surface area contributed by atoms with E-state index in [1.807, 2.05) is 6.92 Å². The normalized spacial score (nSPS) is 12.0. The molecular weight excluding hydrogens is 491 g/mol. The summed E-state index contributed by atoms with van der Waals surface area (Å²) in [5.41, 5.74) is 17.7. The average Bonchev–Trinajstić information content (AvgIpc) is 2.81. The number of rotatable bonds is 7. The molecule has 10 nitrogen and oxygen atoms in total. The summed E-state index contributed by atoms with van der Waals surface area (Å²) in [6.07, 6.45) is 1.25. The minimum Gasteiger partial charge on any atom is -0.382 e. The Morgan fingerprint density at radius 1 is 1.11 bits per heavy atom. The molecule has 7 N–H and O–H groups in total. The van der Waals surface area contributed by atoms with E-state index in [1.165, 1.54) is 10.6 Å². The zero-order valence-electron chi connectivity index (χ0n) is 18.6. The highest BCUT2D eigenvalue weighted by atomic mass is 35.5. The van der Waals surface area contributed by atoms with Crippen LogP contribution in [-0.2, 0) is 0 Å². The van der Waals surface area contributed by atoms with E-state index >= 15 is 0 Å². The summed E-state index contributed by atoms with van der Waals surface area (Å²) in [6, 6.07) is 10.9. The van der Waals surface area contributed by atoms with Crippen molar-refractivity contribution in [2.75, 3.05) is 16.8 Å². The fourth-order valence-electron chi connectivity index (χ4n) is 3.79. The average molecular weight is 513 g/mol. The maximum absolute atomic E-state index is 13.8. The molecule has 0 aliphatic heterocycles. The Labute approximate surface area is 210 Å². The van der Waals surface area contributed by atoms with Gasteiger partial charge in [-0.2, -0.15) is 9.97 Å². The lowest BCUT2D eigenvalue weighted by Gasteiger charge is -2.24. The van der Waals surface area contributed by atoms with E-state index in [2.05, 4.69) is 15.3 Å². The van der Waals surface area contributed by atoms with Crippen molar-refractivity contribution in [1.29, 1.82) is 0 Å². The van der Waals surface area contributed by atoms with E-state index in [-0.39, 0.29) is 38.6 Å². The van der Waals surface area contributed by atoms with Crippen LogP contribution < -0.4 is 28.1 Å². The number of aromatic nitrogens is 4. The van der Waals surface area contributed by atoms with Gasteiger partial charge in [0, 0.05) is 5.56 Å². The molecule has 0 fully saturated rings.